The summed E-state index contributed by atoms with van der Waals surface area (Å²) in [6.45, 7) is 3.10. The molecule has 0 radical (unpaired) electrons. The first kappa shape index (κ1) is 14.1. The van der Waals surface area contributed by atoms with Crippen molar-refractivity contribution >= 4 is 11.6 Å². The summed E-state index contributed by atoms with van der Waals surface area (Å²) in [7, 11) is 1.95. The van der Waals surface area contributed by atoms with Crippen molar-refractivity contribution in [2.75, 3.05) is 6.54 Å². The third kappa shape index (κ3) is 4.37. The number of hydrogen-bond acceptors (Lipinski definition) is 2. The van der Waals surface area contributed by atoms with Crippen molar-refractivity contribution < 1.29 is 0 Å². The summed E-state index contributed by atoms with van der Waals surface area (Å²) in [5.74, 6) is 0. The quantitative estimate of drug-likeness (QED) is 0.880. The van der Waals surface area contributed by atoms with Crippen LogP contribution in [-0.4, -0.2) is 22.4 Å². The molecule has 0 spiro atoms. The summed E-state index contributed by atoms with van der Waals surface area (Å²) < 4.78 is 1.84. The fraction of sp³-hybridized carbons (Fsp3) is 0.400. The first-order chi connectivity index (χ1) is 9.17. The minimum absolute atomic E-state index is 0.410. The molecule has 1 heterocycles. The average molecular weight is 278 g/mol. The molecule has 0 aliphatic carbocycles. The van der Waals surface area contributed by atoms with Gasteiger partial charge in [-0.2, -0.15) is 5.10 Å². The summed E-state index contributed by atoms with van der Waals surface area (Å²) in [5, 5.41) is 8.55. The van der Waals surface area contributed by atoms with Gasteiger partial charge in [0.15, 0.2) is 0 Å². The molecular formula is C15H20ClN3. The Kier molecular flexibility index (Phi) is 5.00. The van der Waals surface area contributed by atoms with E-state index in [0.29, 0.717) is 6.04 Å². The molecule has 0 aliphatic rings. The maximum absolute atomic E-state index is 6.04. The van der Waals surface area contributed by atoms with E-state index in [2.05, 4.69) is 29.6 Å². The molecule has 4 heteroatoms. The van der Waals surface area contributed by atoms with Crippen molar-refractivity contribution in [3.8, 4) is 0 Å². The first-order valence-electron chi connectivity index (χ1n) is 6.62. The van der Waals surface area contributed by atoms with Gasteiger partial charge in [-0.25, -0.2) is 0 Å². The highest BCUT2D eigenvalue weighted by molar-refractivity contribution is 6.30. The monoisotopic (exact) mass is 277 g/mol. The number of nitrogens with one attached hydrogen (secondary N) is 1. The van der Waals surface area contributed by atoms with Crippen LogP contribution in [0.25, 0.3) is 0 Å². The van der Waals surface area contributed by atoms with Crippen LogP contribution >= 0.6 is 11.6 Å². The van der Waals surface area contributed by atoms with Gasteiger partial charge in [-0.05, 0) is 42.6 Å². The molecular weight excluding hydrogens is 258 g/mol. The molecule has 0 bridgehead atoms. The van der Waals surface area contributed by atoms with E-state index < -0.39 is 0 Å². The topological polar surface area (TPSA) is 29.9 Å². The number of halogens is 1. The highest BCUT2D eigenvalue weighted by Crippen LogP contribution is 2.14. The van der Waals surface area contributed by atoms with Crippen molar-refractivity contribution in [3.63, 3.8) is 0 Å². The normalized spacial score (nSPS) is 12.6. The molecule has 0 saturated carbocycles. The zero-order valence-corrected chi connectivity index (χ0v) is 12.2. The predicted molar refractivity (Wildman–Crippen MR) is 79.5 cm³/mol. The highest BCUT2D eigenvalue weighted by atomic mass is 35.5. The van der Waals surface area contributed by atoms with Crippen LogP contribution in [0.4, 0.5) is 0 Å². The second-order valence-electron chi connectivity index (χ2n) is 4.82. The Morgan fingerprint density at radius 3 is 2.74 bits per heavy atom. The van der Waals surface area contributed by atoms with Crippen molar-refractivity contribution in [1.82, 2.24) is 15.1 Å². The van der Waals surface area contributed by atoms with Crippen LogP contribution in [0, 0.1) is 0 Å². The van der Waals surface area contributed by atoms with E-state index in [4.69, 9.17) is 11.6 Å². The molecule has 1 atom stereocenters. The Balaban J connectivity index is 2.03. The van der Waals surface area contributed by atoms with Gasteiger partial charge in [0.05, 0.1) is 6.20 Å². The SMILES string of the molecule is CCNC(Cc1cccc(Cl)c1)Cc1cnn(C)c1. The van der Waals surface area contributed by atoms with E-state index in [1.807, 2.05) is 36.1 Å². The van der Waals surface area contributed by atoms with Gasteiger partial charge in [0.2, 0.25) is 0 Å². The number of aromatic nitrogens is 2. The number of benzene rings is 1. The van der Waals surface area contributed by atoms with Crippen molar-refractivity contribution in [2.45, 2.75) is 25.8 Å². The summed E-state index contributed by atoms with van der Waals surface area (Å²) in [5.41, 5.74) is 2.53. The molecule has 1 N–H and O–H groups in total. The smallest absolute Gasteiger partial charge is 0.0522 e. The van der Waals surface area contributed by atoms with E-state index in [9.17, 15) is 0 Å². The Morgan fingerprint density at radius 2 is 2.11 bits per heavy atom. The fourth-order valence-electron chi connectivity index (χ4n) is 2.32. The molecule has 0 amide bonds. The number of nitrogens with zero attached hydrogens (tertiary/aromatic N) is 2. The van der Waals surface area contributed by atoms with Crippen LogP contribution in [0.1, 0.15) is 18.1 Å². The Labute approximate surface area is 119 Å². The van der Waals surface area contributed by atoms with Crippen LogP contribution in [0.15, 0.2) is 36.7 Å². The minimum atomic E-state index is 0.410. The minimum Gasteiger partial charge on any atom is -0.314 e. The second kappa shape index (κ2) is 6.73. The number of rotatable bonds is 6. The van der Waals surface area contributed by atoms with E-state index in [1.165, 1.54) is 11.1 Å². The molecule has 0 saturated heterocycles. The Morgan fingerprint density at radius 1 is 1.32 bits per heavy atom. The van der Waals surface area contributed by atoms with Gasteiger partial charge >= 0.3 is 0 Å². The fourth-order valence-corrected chi connectivity index (χ4v) is 2.53. The summed E-state index contributed by atoms with van der Waals surface area (Å²) in [6.07, 6.45) is 5.96. The lowest BCUT2D eigenvalue weighted by Gasteiger charge is -2.17. The highest BCUT2D eigenvalue weighted by Gasteiger charge is 2.10. The zero-order chi connectivity index (χ0) is 13.7. The predicted octanol–water partition coefficient (Wildman–Crippen LogP) is 2.84. The largest absolute Gasteiger partial charge is 0.314 e. The van der Waals surface area contributed by atoms with Gasteiger partial charge in [-0.1, -0.05) is 30.7 Å². The van der Waals surface area contributed by atoms with Crippen LogP contribution in [-0.2, 0) is 19.9 Å². The zero-order valence-electron chi connectivity index (χ0n) is 11.4. The Hall–Kier alpha value is -1.32. The molecule has 0 aliphatic heterocycles. The molecule has 3 nitrogen and oxygen atoms in total. The lowest BCUT2D eigenvalue weighted by Crippen LogP contribution is -2.32. The molecule has 1 aromatic heterocycles. The van der Waals surface area contributed by atoms with E-state index in [-0.39, 0.29) is 0 Å². The van der Waals surface area contributed by atoms with Gasteiger partial charge in [-0.15, -0.1) is 0 Å². The average Bonchev–Trinajstić information content (AvgIpc) is 2.75. The van der Waals surface area contributed by atoms with Gasteiger partial charge < -0.3 is 5.32 Å². The third-order valence-electron chi connectivity index (χ3n) is 3.10. The molecule has 0 fully saturated rings. The van der Waals surface area contributed by atoms with Gasteiger partial charge in [-0.3, -0.25) is 4.68 Å². The lowest BCUT2D eigenvalue weighted by atomic mass is 10.0. The number of hydrogen-bond donors (Lipinski definition) is 1. The maximum atomic E-state index is 6.04. The third-order valence-corrected chi connectivity index (χ3v) is 3.34. The van der Waals surface area contributed by atoms with Crippen LogP contribution in [0.2, 0.25) is 5.02 Å². The van der Waals surface area contributed by atoms with Gasteiger partial charge in [0.1, 0.15) is 0 Å². The van der Waals surface area contributed by atoms with Crippen molar-refractivity contribution in [1.29, 1.82) is 0 Å². The molecule has 2 aromatic rings. The second-order valence-corrected chi connectivity index (χ2v) is 5.25. The van der Waals surface area contributed by atoms with Crippen molar-refractivity contribution in [3.05, 3.63) is 52.8 Å². The summed E-state index contributed by atoms with van der Waals surface area (Å²) >= 11 is 6.04. The van der Waals surface area contributed by atoms with Crippen LogP contribution in [0.5, 0.6) is 0 Å². The summed E-state index contributed by atoms with van der Waals surface area (Å²) in [6, 6.07) is 8.49. The van der Waals surface area contributed by atoms with Crippen LogP contribution in [0.3, 0.4) is 0 Å². The van der Waals surface area contributed by atoms with Gasteiger partial charge in [0.25, 0.3) is 0 Å². The van der Waals surface area contributed by atoms with Crippen LogP contribution < -0.4 is 5.32 Å². The maximum Gasteiger partial charge on any atom is 0.0522 e. The standard InChI is InChI=1S/C15H20ClN3/c1-3-17-15(9-13-10-18-19(2)11-13)8-12-5-4-6-14(16)7-12/h4-7,10-11,15,17H,3,8-9H2,1-2H3. The number of aryl methyl sites for hydroxylation is 1. The van der Waals surface area contributed by atoms with E-state index >= 15 is 0 Å². The molecule has 102 valence electrons. The van der Waals surface area contributed by atoms with E-state index in [0.717, 1.165) is 24.4 Å². The van der Waals surface area contributed by atoms with Gasteiger partial charge in [0, 0.05) is 24.3 Å². The molecule has 2 rings (SSSR count). The summed E-state index contributed by atoms with van der Waals surface area (Å²) in [4.78, 5) is 0. The van der Waals surface area contributed by atoms with Crippen molar-refractivity contribution in [2.24, 2.45) is 7.05 Å². The molecule has 19 heavy (non-hydrogen) atoms. The lowest BCUT2D eigenvalue weighted by molar-refractivity contribution is 0.521. The molecule has 1 aromatic carbocycles. The Bertz CT molecular complexity index is 522. The number of likely N-dealkylation sites (N-methyl/N-ethyl adjacent to an activating group) is 1. The van der Waals surface area contributed by atoms with E-state index in [1.54, 1.807) is 0 Å². The first-order valence-corrected chi connectivity index (χ1v) is 7.00. The molecule has 1 unspecified atom stereocenters.